The number of hydrogen-bond acceptors (Lipinski definition) is 4. The van der Waals surface area contributed by atoms with Gasteiger partial charge in [-0.25, -0.2) is 4.99 Å². The van der Waals surface area contributed by atoms with E-state index in [1.807, 2.05) is 43.3 Å². The first-order chi connectivity index (χ1) is 12.0. The second kappa shape index (κ2) is 7.72. The minimum atomic E-state index is -0.498. The van der Waals surface area contributed by atoms with E-state index in [4.69, 9.17) is 11.6 Å². The van der Waals surface area contributed by atoms with Crippen LogP contribution in [0.3, 0.4) is 0 Å². The van der Waals surface area contributed by atoms with Gasteiger partial charge in [0.1, 0.15) is 5.25 Å². The number of rotatable bonds is 4. The van der Waals surface area contributed by atoms with E-state index < -0.39 is 5.25 Å². The summed E-state index contributed by atoms with van der Waals surface area (Å²) in [5, 5.41) is 6.08. The molecule has 0 radical (unpaired) electrons. The molecule has 0 saturated carbocycles. The van der Waals surface area contributed by atoms with Gasteiger partial charge < -0.3 is 10.6 Å². The molecule has 0 spiro atoms. The van der Waals surface area contributed by atoms with E-state index in [0.717, 1.165) is 11.3 Å². The fourth-order valence-corrected chi connectivity index (χ4v) is 3.47. The number of carbonyl (C=O) groups excluding carboxylic acids is 2. The largest absolute Gasteiger partial charge is 0.326 e. The number of hydrogen-bond donors (Lipinski definition) is 2. The van der Waals surface area contributed by atoms with Crippen molar-refractivity contribution in [2.24, 2.45) is 4.99 Å². The lowest BCUT2D eigenvalue weighted by Crippen LogP contribution is -2.28. The summed E-state index contributed by atoms with van der Waals surface area (Å²) in [4.78, 5) is 28.7. The zero-order chi connectivity index (χ0) is 17.8. The molecule has 2 aromatic carbocycles. The van der Waals surface area contributed by atoms with Crippen LogP contribution in [0.25, 0.3) is 0 Å². The molecule has 0 unspecified atom stereocenters. The molecule has 1 fully saturated rings. The maximum Gasteiger partial charge on any atom is 0.240 e. The summed E-state index contributed by atoms with van der Waals surface area (Å²) >= 11 is 7.22. The van der Waals surface area contributed by atoms with Gasteiger partial charge in [-0.3, -0.25) is 9.59 Å². The summed E-state index contributed by atoms with van der Waals surface area (Å²) in [5.41, 5.74) is 2.32. The topological polar surface area (TPSA) is 70.6 Å². The molecule has 2 amide bonds. The van der Waals surface area contributed by atoms with Crippen LogP contribution in [0.2, 0.25) is 5.02 Å². The van der Waals surface area contributed by atoms with E-state index in [9.17, 15) is 9.59 Å². The molecule has 0 aliphatic carbocycles. The first-order valence-electron chi connectivity index (χ1n) is 7.68. The maximum atomic E-state index is 12.3. The highest BCUT2D eigenvalue weighted by Crippen LogP contribution is 2.26. The van der Waals surface area contributed by atoms with Gasteiger partial charge in [-0.2, -0.15) is 0 Å². The van der Waals surface area contributed by atoms with Gasteiger partial charge in [-0.05, 0) is 36.8 Å². The third-order valence-corrected chi connectivity index (χ3v) is 4.92. The number of anilines is 1. The fourth-order valence-electron chi connectivity index (χ4n) is 2.31. The van der Waals surface area contributed by atoms with Crippen LogP contribution in [0.4, 0.5) is 11.4 Å². The molecule has 1 atom stereocenters. The Morgan fingerprint density at radius 2 is 2.04 bits per heavy atom. The number of carbonyl (C=O) groups is 2. The van der Waals surface area contributed by atoms with Crippen LogP contribution in [-0.4, -0.2) is 22.2 Å². The normalized spacial score (nSPS) is 18.2. The number of amidine groups is 1. The summed E-state index contributed by atoms with van der Waals surface area (Å²) in [6.07, 6.45) is 0.0657. The van der Waals surface area contributed by atoms with Gasteiger partial charge in [0.25, 0.3) is 0 Å². The molecule has 2 N–H and O–H groups in total. The zero-order valence-electron chi connectivity index (χ0n) is 13.5. The molecule has 128 valence electrons. The predicted molar refractivity (Wildman–Crippen MR) is 102 cm³/mol. The highest BCUT2D eigenvalue weighted by atomic mass is 35.5. The number of halogens is 1. The molecule has 3 rings (SSSR count). The highest BCUT2D eigenvalue weighted by molar-refractivity contribution is 8.15. The van der Waals surface area contributed by atoms with Gasteiger partial charge in [0.15, 0.2) is 5.17 Å². The first kappa shape index (κ1) is 17.5. The summed E-state index contributed by atoms with van der Waals surface area (Å²) in [7, 11) is 0. The van der Waals surface area contributed by atoms with Gasteiger partial charge >= 0.3 is 0 Å². The van der Waals surface area contributed by atoms with Crippen LogP contribution in [-0.2, 0) is 9.59 Å². The number of aliphatic imine (C=N–C) groups is 1. The van der Waals surface area contributed by atoms with Crippen LogP contribution < -0.4 is 10.6 Å². The number of benzene rings is 2. The highest BCUT2D eigenvalue weighted by Gasteiger charge is 2.32. The van der Waals surface area contributed by atoms with Gasteiger partial charge in [0.05, 0.1) is 5.69 Å². The van der Waals surface area contributed by atoms with Crippen molar-refractivity contribution in [1.29, 1.82) is 0 Å². The fraction of sp³-hybridized carbons (Fsp3) is 0.167. The van der Waals surface area contributed by atoms with Gasteiger partial charge in [-0.15, -0.1) is 0 Å². The molecular weight excluding hydrogens is 358 g/mol. The van der Waals surface area contributed by atoms with Crippen LogP contribution in [0.5, 0.6) is 0 Å². The number of thioether (sulfide) groups is 1. The SMILES string of the molecule is Cc1ccc(Cl)cc1NC(=O)C[C@@H]1SC(=Nc2ccccc2)NC1=O. The summed E-state index contributed by atoms with van der Waals surface area (Å²) in [5.74, 6) is -0.448. The third-order valence-electron chi connectivity index (χ3n) is 3.61. The van der Waals surface area contributed by atoms with E-state index in [0.29, 0.717) is 15.9 Å². The van der Waals surface area contributed by atoms with Crippen molar-refractivity contribution in [3.05, 3.63) is 59.1 Å². The van der Waals surface area contributed by atoms with Crippen molar-refractivity contribution >= 4 is 51.7 Å². The van der Waals surface area contributed by atoms with Crippen LogP contribution >= 0.6 is 23.4 Å². The summed E-state index contributed by atoms with van der Waals surface area (Å²) in [6.45, 7) is 1.88. The van der Waals surface area contributed by atoms with Crippen molar-refractivity contribution in [1.82, 2.24) is 5.32 Å². The lowest BCUT2D eigenvalue weighted by Gasteiger charge is -2.10. The number of nitrogens with zero attached hydrogens (tertiary/aromatic N) is 1. The predicted octanol–water partition coefficient (Wildman–Crippen LogP) is 3.90. The van der Waals surface area contributed by atoms with Gasteiger partial charge in [-0.1, -0.05) is 47.6 Å². The molecule has 5 nitrogen and oxygen atoms in total. The first-order valence-corrected chi connectivity index (χ1v) is 8.94. The monoisotopic (exact) mass is 373 g/mol. The van der Waals surface area contributed by atoms with E-state index >= 15 is 0 Å². The molecule has 0 aromatic heterocycles. The van der Waals surface area contributed by atoms with Gasteiger partial charge in [0.2, 0.25) is 11.8 Å². The smallest absolute Gasteiger partial charge is 0.240 e. The van der Waals surface area contributed by atoms with Crippen molar-refractivity contribution in [3.63, 3.8) is 0 Å². The molecule has 25 heavy (non-hydrogen) atoms. The Bertz CT molecular complexity index is 839. The molecule has 2 aromatic rings. The quantitative estimate of drug-likeness (QED) is 0.853. The number of nitrogens with one attached hydrogen (secondary N) is 2. The summed E-state index contributed by atoms with van der Waals surface area (Å²) in [6, 6.07) is 14.6. The molecule has 0 bridgehead atoms. The van der Waals surface area contributed by atoms with Gasteiger partial charge in [0, 0.05) is 17.1 Å². The Labute approximate surface area is 154 Å². The minimum Gasteiger partial charge on any atom is -0.326 e. The summed E-state index contributed by atoms with van der Waals surface area (Å²) < 4.78 is 0. The Balaban J connectivity index is 1.63. The lowest BCUT2D eigenvalue weighted by atomic mass is 10.2. The lowest BCUT2D eigenvalue weighted by molar-refractivity contribution is -0.122. The molecule has 7 heteroatoms. The maximum absolute atomic E-state index is 12.3. The standard InChI is InChI=1S/C18H16ClN3O2S/c1-11-7-8-12(19)9-14(11)21-16(23)10-15-17(24)22-18(25-15)20-13-5-3-2-4-6-13/h2-9,15H,10H2,1H3,(H,21,23)(H,20,22,24)/t15-/m0/s1. The molecule has 1 saturated heterocycles. The van der Waals surface area contributed by atoms with Crippen LogP contribution in [0.1, 0.15) is 12.0 Å². The minimum absolute atomic E-state index is 0.0657. The molecule has 1 aliphatic rings. The Hall–Kier alpha value is -2.31. The number of para-hydroxylation sites is 1. The average Bonchev–Trinajstić information content (AvgIpc) is 2.91. The molecular formula is C18H16ClN3O2S. The average molecular weight is 374 g/mol. The molecule has 1 aliphatic heterocycles. The van der Waals surface area contributed by atoms with E-state index in [2.05, 4.69) is 15.6 Å². The van der Waals surface area contributed by atoms with E-state index in [1.54, 1.807) is 12.1 Å². The third kappa shape index (κ3) is 4.61. The zero-order valence-corrected chi connectivity index (χ0v) is 15.0. The second-order valence-electron chi connectivity index (χ2n) is 5.56. The van der Waals surface area contributed by atoms with Crippen LogP contribution in [0, 0.1) is 6.92 Å². The van der Waals surface area contributed by atoms with Crippen molar-refractivity contribution in [2.45, 2.75) is 18.6 Å². The Kier molecular flexibility index (Phi) is 5.40. The van der Waals surface area contributed by atoms with Crippen LogP contribution in [0.15, 0.2) is 53.5 Å². The number of aryl methyl sites for hydroxylation is 1. The molecule has 1 heterocycles. The second-order valence-corrected chi connectivity index (χ2v) is 7.19. The Morgan fingerprint density at radius 3 is 2.80 bits per heavy atom. The van der Waals surface area contributed by atoms with Crippen molar-refractivity contribution in [2.75, 3.05) is 5.32 Å². The van der Waals surface area contributed by atoms with Crippen molar-refractivity contribution < 1.29 is 9.59 Å². The van der Waals surface area contributed by atoms with E-state index in [-0.39, 0.29) is 18.2 Å². The van der Waals surface area contributed by atoms with E-state index in [1.165, 1.54) is 11.8 Å². The number of amides is 2. The Morgan fingerprint density at radius 1 is 1.28 bits per heavy atom. The van der Waals surface area contributed by atoms with Crippen molar-refractivity contribution in [3.8, 4) is 0 Å².